The number of carbonyl (C=O) groups is 1. The monoisotopic (exact) mass is 299 g/mol. The maximum Gasteiger partial charge on any atom is 0.247 e. The average molecular weight is 299 g/mol. The molecule has 1 N–H and O–H groups in total. The van der Waals surface area contributed by atoms with Crippen molar-refractivity contribution in [3.05, 3.63) is 72.2 Å². The highest BCUT2D eigenvalue weighted by atomic mass is 16.5. The highest BCUT2D eigenvalue weighted by Gasteiger charge is 2.12. The van der Waals surface area contributed by atoms with Gasteiger partial charge in [0.1, 0.15) is 5.76 Å². The van der Waals surface area contributed by atoms with E-state index in [1.54, 1.807) is 0 Å². The summed E-state index contributed by atoms with van der Waals surface area (Å²) in [4.78, 5) is 11.6. The molecule has 0 radical (unpaired) electrons. The Morgan fingerprint density at radius 1 is 1.45 bits per heavy atom. The van der Waals surface area contributed by atoms with Crippen molar-refractivity contribution >= 4 is 5.91 Å². The van der Waals surface area contributed by atoms with E-state index in [1.165, 1.54) is 6.08 Å². The van der Waals surface area contributed by atoms with Gasteiger partial charge in [-0.1, -0.05) is 37.5 Å². The lowest BCUT2D eigenvalue weighted by Crippen LogP contribution is -2.19. The molecule has 3 nitrogen and oxygen atoms in total. The fourth-order valence-electron chi connectivity index (χ4n) is 2.09. The van der Waals surface area contributed by atoms with Crippen molar-refractivity contribution < 1.29 is 9.53 Å². The molecule has 0 atom stereocenters. The number of rotatable bonds is 5. The largest absolute Gasteiger partial charge is 0.494 e. The highest BCUT2D eigenvalue weighted by Crippen LogP contribution is 2.25. The molecule has 3 heteroatoms. The van der Waals surface area contributed by atoms with Crippen molar-refractivity contribution in [2.45, 2.75) is 33.1 Å². The Morgan fingerprint density at radius 3 is 2.86 bits per heavy atom. The van der Waals surface area contributed by atoms with Gasteiger partial charge >= 0.3 is 0 Å². The van der Waals surface area contributed by atoms with E-state index in [1.807, 2.05) is 38.2 Å². The summed E-state index contributed by atoms with van der Waals surface area (Å²) in [6, 6.07) is 0. The van der Waals surface area contributed by atoms with Crippen LogP contribution in [0.15, 0.2) is 72.2 Å². The molecule has 118 valence electrons. The van der Waals surface area contributed by atoms with Gasteiger partial charge in [0, 0.05) is 11.3 Å². The first-order valence-corrected chi connectivity index (χ1v) is 7.56. The van der Waals surface area contributed by atoms with Crippen LogP contribution in [-0.2, 0) is 9.53 Å². The fourth-order valence-corrected chi connectivity index (χ4v) is 2.09. The van der Waals surface area contributed by atoms with Crippen LogP contribution >= 0.6 is 0 Å². The Kier molecular flexibility index (Phi) is 7.76. The summed E-state index contributed by atoms with van der Waals surface area (Å²) in [7, 11) is 0. The summed E-state index contributed by atoms with van der Waals surface area (Å²) in [5, 5.41) is 2.84. The Morgan fingerprint density at radius 2 is 2.23 bits per heavy atom. The van der Waals surface area contributed by atoms with Crippen molar-refractivity contribution in [2.24, 2.45) is 0 Å². The number of ether oxygens (including phenoxy) is 1. The van der Waals surface area contributed by atoms with Gasteiger partial charge in [-0.2, -0.15) is 0 Å². The van der Waals surface area contributed by atoms with Crippen molar-refractivity contribution in [3.8, 4) is 0 Å². The average Bonchev–Trinajstić information content (AvgIpc) is 2.60. The SMILES string of the molecule is C=CC(=O)NC1=CCCCOC(=C)C(/C(=C/C)C/C=C\C)=C1. The third-order valence-electron chi connectivity index (χ3n) is 3.31. The minimum Gasteiger partial charge on any atom is -0.494 e. The molecule has 1 aliphatic rings. The topological polar surface area (TPSA) is 38.3 Å². The van der Waals surface area contributed by atoms with Crippen molar-refractivity contribution in [1.29, 1.82) is 0 Å². The van der Waals surface area contributed by atoms with Crippen LogP contribution in [-0.4, -0.2) is 12.5 Å². The predicted molar refractivity (Wildman–Crippen MR) is 92.0 cm³/mol. The van der Waals surface area contributed by atoms with Gasteiger partial charge in [-0.05, 0) is 50.8 Å². The quantitative estimate of drug-likeness (QED) is 0.606. The van der Waals surface area contributed by atoms with Crippen LogP contribution in [0.3, 0.4) is 0 Å². The summed E-state index contributed by atoms with van der Waals surface area (Å²) < 4.78 is 5.72. The van der Waals surface area contributed by atoms with E-state index in [9.17, 15) is 4.79 Å². The van der Waals surface area contributed by atoms with Gasteiger partial charge in [-0.3, -0.25) is 4.79 Å². The van der Waals surface area contributed by atoms with Crippen LogP contribution in [0.1, 0.15) is 33.1 Å². The van der Waals surface area contributed by atoms with Gasteiger partial charge in [0.2, 0.25) is 5.91 Å². The molecule has 1 amide bonds. The van der Waals surface area contributed by atoms with Crippen LogP contribution in [0.2, 0.25) is 0 Å². The molecular weight excluding hydrogens is 274 g/mol. The number of nitrogens with one attached hydrogen (secondary N) is 1. The van der Waals surface area contributed by atoms with Crippen molar-refractivity contribution in [1.82, 2.24) is 5.32 Å². The smallest absolute Gasteiger partial charge is 0.247 e. The van der Waals surface area contributed by atoms with E-state index in [0.29, 0.717) is 12.4 Å². The van der Waals surface area contributed by atoms with E-state index in [-0.39, 0.29) is 5.91 Å². The van der Waals surface area contributed by atoms with Gasteiger partial charge in [0.15, 0.2) is 0 Å². The summed E-state index contributed by atoms with van der Waals surface area (Å²) >= 11 is 0. The normalized spacial score (nSPS) is 16.8. The van der Waals surface area contributed by atoms with Crippen LogP contribution in [0, 0.1) is 0 Å². The van der Waals surface area contributed by atoms with Crippen molar-refractivity contribution in [3.63, 3.8) is 0 Å². The number of amides is 1. The third-order valence-corrected chi connectivity index (χ3v) is 3.31. The van der Waals surface area contributed by atoms with E-state index < -0.39 is 0 Å². The molecule has 22 heavy (non-hydrogen) atoms. The summed E-state index contributed by atoms with van der Waals surface area (Å²) in [5.41, 5.74) is 2.79. The molecule has 0 bridgehead atoms. The van der Waals surface area contributed by atoms with Crippen LogP contribution in [0.5, 0.6) is 0 Å². The first-order chi connectivity index (χ1) is 10.6. The lowest BCUT2D eigenvalue weighted by molar-refractivity contribution is -0.115. The summed E-state index contributed by atoms with van der Waals surface area (Å²) in [6.45, 7) is 12.1. The van der Waals surface area contributed by atoms with Gasteiger partial charge in [0.05, 0.1) is 6.61 Å². The summed E-state index contributed by atoms with van der Waals surface area (Å²) in [6.07, 6.45) is 13.9. The van der Waals surface area contributed by atoms with E-state index >= 15 is 0 Å². The van der Waals surface area contributed by atoms with Crippen LogP contribution < -0.4 is 5.32 Å². The number of hydrogen-bond donors (Lipinski definition) is 1. The zero-order valence-electron chi connectivity index (χ0n) is 13.5. The molecule has 1 heterocycles. The highest BCUT2D eigenvalue weighted by molar-refractivity contribution is 5.88. The number of carbonyl (C=O) groups excluding carboxylic acids is 1. The molecule has 0 aromatic heterocycles. The molecular formula is C19H25NO2. The second kappa shape index (κ2) is 9.61. The lowest BCUT2D eigenvalue weighted by atomic mass is 9.99. The van der Waals surface area contributed by atoms with E-state index in [0.717, 1.165) is 36.1 Å². The fraction of sp³-hybridized carbons (Fsp3) is 0.316. The van der Waals surface area contributed by atoms with Gasteiger partial charge in [-0.25, -0.2) is 0 Å². The molecule has 1 aliphatic heterocycles. The molecule has 0 spiro atoms. The van der Waals surface area contributed by atoms with Crippen LogP contribution in [0.25, 0.3) is 0 Å². The minimum atomic E-state index is -0.219. The zero-order chi connectivity index (χ0) is 16.4. The molecule has 1 rings (SSSR count). The lowest BCUT2D eigenvalue weighted by Gasteiger charge is -2.15. The predicted octanol–water partition coefficient (Wildman–Crippen LogP) is 4.34. The molecule has 0 saturated carbocycles. The van der Waals surface area contributed by atoms with Crippen LogP contribution in [0.4, 0.5) is 0 Å². The third kappa shape index (κ3) is 5.60. The second-order valence-electron chi connectivity index (χ2n) is 4.91. The Balaban J connectivity index is 3.17. The molecule has 0 aromatic rings. The molecule has 0 fully saturated rings. The first-order valence-electron chi connectivity index (χ1n) is 7.56. The Bertz CT molecular complexity index is 548. The molecule has 0 saturated heterocycles. The van der Waals surface area contributed by atoms with Gasteiger partial charge < -0.3 is 10.1 Å². The van der Waals surface area contributed by atoms with Gasteiger partial charge in [-0.15, -0.1) is 0 Å². The maximum absolute atomic E-state index is 11.6. The second-order valence-corrected chi connectivity index (χ2v) is 4.91. The van der Waals surface area contributed by atoms with Gasteiger partial charge in [0.25, 0.3) is 0 Å². The molecule has 0 aliphatic carbocycles. The van der Waals surface area contributed by atoms with Crippen molar-refractivity contribution in [2.75, 3.05) is 6.61 Å². The maximum atomic E-state index is 11.6. The standard InChI is InChI=1S/C19H25NO2/c1-5-8-11-16(6-2)18-14-17(20-19(21)7-3)12-9-10-13-22-15(18)4/h5-8,12,14H,3-4,9-11,13H2,1-2H3,(H,20,21)/b8-5-,16-6+,17-12?,18-14?. The zero-order valence-corrected chi connectivity index (χ0v) is 13.5. The Labute approximate surface area is 133 Å². The van der Waals surface area contributed by atoms with E-state index in [2.05, 4.69) is 24.6 Å². The molecule has 0 aromatic carbocycles. The summed E-state index contributed by atoms with van der Waals surface area (Å²) in [5.74, 6) is 0.418. The number of allylic oxidation sites excluding steroid dienone is 6. The first kappa shape index (κ1) is 17.8. The minimum absolute atomic E-state index is 0.219. The Hall–Kier alpha value is -2.29. The molecule has 0 unspecified atom stereocenters. The number of hydrogen-bond acceptors (Lipinski definition) is 2. The van der Waals surface area contributed by atoms with E-state index in [4.69, 9.17) is 4.74 Å².